The second kappa shape index (κ2) is 3.09. The van der Waals surface area contributed by atoms with Gasteiger partial charge in [-0.05, 0) is 18.6 Å². The third-order valence-corrected chi connectivity index (χ3v) is 2.12. The SMILES string of the molecule is CCCn1nc(N)c2ccccc21. The molecule has 0 saturated carbocycles. The molecule has 1 aromatic heterocycles. The van der Waals surface area contributed by atoms with Crippen molar-refractivity contribution in [3.8, 4) is 0 Å². The molecule has 0 aliphatic carbocycles. The second-order valence-corrected chi connectivity index (χ2v) is 3.13. The molecule has 0 atom stereocenters. The zero-order valence-electron chi connectivity index (χ0n) is 7.70. The summed E-state index contributed by atoms with van der Waals surface area (Å²) in [7, 11) is 0. The molecule has 0 spiro atoms. The zero-order valence-corrected chi connectivity index (χ0v) is 7.70. The van der Waals surface area contributed by atoms with Gasteiger partial charge in [0.05, 0.1) is 5.52 Å². The molecule has 0 aliphatic heterocycles. The van der Waals surface area contributed by atoms with Gasteiger partial charge in [-0.3, -0.25) is 4.68 Å². The van der Waals surface area contributed by atoms with E-state index in [4.69, 9.17) is 5.73 Å². The molecular weight excluding hydrogens is 162 g/mol. The second-order valence-electron chi connectivity index (χ2n) is 3.13. The number of benzene rings is 1. The Hall–Kier alpha value is -1.51. The normalized spacial score (nSPS) is 10.8. The Balaban J connectivity index is 2.63. The summed E-state index contributed by atoms with van der Waals surface area (Å²) >= 11 is 0. The van der Waals surface area contributed by atoms with Gasteiger partial charge in [-0.15, -0.1) is 0 Å². The van der Waals surface area contributed by atoms with E-state index in [0.717, 1.165) is 23.9 Å². The monoisotopic (exact) mass is 175 g/mol. The highest BCUT2D eigenvalue weighted by Crippen LogP contribution is 2.19. The van der Waals surface area contributed by atoms with Crippen LogP contribution < -0.4 is 5.73 Å². The van der Waals surface area contributed by atoms with Crippen molar-refractivity contribution in [1.82, 2.24) is 9.78 Å². The summed E-state index contributed by atoms with van der Waals surface area (Å²) in [6.07, 6.45) is 1.07. The van der Waals surface area contributed by atoms with Crippen molar-refractivity contribution in [3.63, 3.8) is 0 Å². The Bertz CT molecular complexity index is 417. The van der Waals surface area contributed by atoms with Crippen LogP contribution in [0, 0.1) is 0 Å². The summed E-state index contributed by atoms with van der Waals surface area (Å²) in [5, 5.41) is 5.33. The van der Waals surface area contributed by atoms with Gasteiger partial charge in [-0.25, -0.2) is 0 Å². The first kappa shape index (κ1) is 8.10. The molecule has 3 nitrogen and oxygen atoms in total. The Kier molecular flexibility index (Phi) is 1.93. The average molecular weight is 175 g/mol. The molecule has 68 valence electrons. The fourth-order valence-electron chi connectivity index (χ4n) is 1.54. The molecule has 0 unspecified atom stereocenters. The topological polar surface area (TPSA) is 43.8 Å². The van der Waals surface area contributed by atoms with Gasteiger partial charge in [0.1, 0.15) is 0 Å². The quantitative estimate of drug-likeness (QED) is 0.759. The summed E-state index contributed by atoms with van der Waals surface area (Å²) in [5.41, 5.74) is 6.90. The maximum absolute atomic E-state index is 5.78. The Morgan fingerprint density at radius 3 is 2.92 bits per heavy atom. The highest BCUT2D eigenvalue weighted by atomic mass is 15.3. The third kappa shape index (κ3) is 1.26. The number of anilines is 1. The van der Waals surface area contributed by atoms with Crippen LogP contribution >= 0.6 is 0 Å². The largest absolute Gasteiger partial charge is 0.382 e. The van der Waals surface area contributed by atoms with E-state index in [1.54, 1.807) is 0 Å². The molecule has 3 heteroatoms. The highest BCUT2D eigenvalue weighted by Gasteiger charge is 2.04. The molecule has 0 fully saturated rings. The van der Waals surface area contributed by atoms with Crippen molar-refractivity contribution in [1.29, 1.82) is 0 Å². The maximum Gasteiger partial charge on any atom is 0.153 e. The Morgan fingerprint density at radius 1 is 1.38 bits per heavy atom. The van der Waals surface area contributed by atoms with E-state index in [-0.39, 0.29) is 0 Å². The summed E-state index contributed by atoms with van der Waals surface area (Å²) in [6.45, 7) is 3.06. The van der Waals surface area contributed by atoms with Crippen molar-refractivity contribution in [2.45, 2.75) is 19.9 Å². The van der Waals surface area contributed by atoms with Crippen LogP contribution in [0.3, 0.4) is 0 Å². The van der Waals surface area contributed by atoms with Gasteiger partial charge in [0.2, 0.25) is 0 Å². The fourth-order valence-corrected chi connectivity index (χ4v) is 1.54. The summed E-state index contributed by atoms with van der Waals surface area (Å²) in [6, 6.07) is 8.05. The molecule has 1 heterocycles. The minimum atomic E-state index is 0.629. The van der Waals surface area contributed by atoms with Gasteiger partial charge in [-0.1, -0.05) is 19.1 Å². The lowest BCUT2D eigenvalue weighted by Crippen LogP contribution is -1.99. The molecule has 2 aromatic rings. The van der Waals surface area contributed by atoms with E-state index >= 15 is 0 Å². The Labute approximate surface area is 77.2 Å². The molecule has 0 aliphatic rings. The Morgan fingerprint density at radius 2 is 2.15 bits per heavy atom. The van der Waals surface area contributed by atoms with E-state index in [0.29, 0.717) is 5.82 Å². The minimum Gasteiger partial charge on any atom is -0.382 e. The van der Waals surface area contributed by atoms with Crippen molar-refractivity contribution in [2.75, 3.05) is 5.73 Å². The molecule has 2 rings (SSSR count). The van der Waals surface area contributed by atoms with E-state index in [1.165, 1.54) is 0 Å². The zero-order chi connectivity index (χ0) is 9.26. The number of nitrogens with two attached hydrogens (primary N) is 1. The number of aryl methyl sites for hydroxylation is 1. The van der Waals surface area contributed by atoms with Crippen molar-refractivity contribution >= 4 is 16.7 Å². The lowest BCUT2D eigenvalue weighted by molar-refractivity contribution is 0.625. The number of aromatic nitrogens is 2. The van der Waals surface area contributed by atoms with Crippen molar-refractivity contribution < 1.29 is 0 Å². The lowest BCUT2D eigenvalue weighted by atomic mass is 10.2. The first-order chi connectivity index (χ1) is 6.33. The smallest absolute Gasteiger partial charge is 0.153 e. The molecular formula is C10H13N3. The highest BCUT2D eigenvalue weighted by molar-refractivity contribution is 5.88. The summed E-state index contributed by atoms with van der Waals surface area (Å²) < 4.78 is 1.96. The third-order valence-electron chi connectivity index (χ3n) is 2.12. The minimum absolute atomic E-state index is 0.629. The predicted molar refractivity (Wildman–Crippen MR) is 54.4 cm³/mol. The molecule has 1 aromatic carbocycles. The van der Waals surface area contributed by atoms with E-state index < -0.39 is 0 Å². The van der Waals surface area contributed by atoms with Crippen LogP contribution in [0.4, 0.5) is 5.82 Å². The number of fused-ring (bicyclic) bond motifs is 1. The molecule has 0 saturated heterocycles. The number of nitrogen functional groups attached to an aromatic ring is 1. The van der Waals surface area contributed by atoms with E-state index in [2.05, 4.69) is 12.0 Å². The molecule has 0 amide bonds. The van der Waals surface area contributed by atoms with Crippen LogP contribution in [-0.2, 0) is 6.54 Å². The summed E-state index contributed by atoms with van der Waals surface area (Å²) in [5.74, 6) is 0.629. The molecule has 2 N–H and O–H groups in total. The summed E-state index contributed by atoms with van der Waals surface area (Å²) in [4.78, 5) is 0. The fraction of sp³-hybridized carbons (Fsp3) is 0.300. The first-order valence-electron chi connectivity index (χ1n) is 4.54. The van der Waals surface area contributed by atoms with E-state index in [9.17, 15) is 0 Å². The van der Waals surface area contributed by atoms with Crippen molar-refractivity contribution in [2.24, 2.45) is 0 Å². The number of nitrogens with zero attached hydrogens (tertiary/aromatic N) is 2. The predicted octanol–water partition coefficient (Wildman–Crippen LogP) is 2.03. The van der Waals surface area contributed by atoms with Crippen molar-refractivity contribution in [3.05, 3.63) is 24.3 Å². The lowest BCUT2D eigenvalue weighted by Gasteiger charge is -1.98. The van der Waals surface area contributed by atoms with Crippen LogP contribution in [0.2, 0.25) is 0 Å². The standard InChI is InChI=1S/C10H13N3/c1-2-7-13-9-6-4-3-5-8(9)10(11)12-13/h3-6H,2,7H2,1H3,(H2,11,12). The van der Waals surface area contributed by atoms with Crippen LogP contribution in [-0.4, -0.2) is 9.78 Å². The molecule has 13 heavy (non-hydrogen) atoms. The van der Waals surface area contributed by atoms with Gasteiger partial charge >= 0.3 is 0 Å². The van der Waals surface area contributed by atoms with Gasteiger partial charge in [-0.2, -0.15) is 5.10 Å². The molecule has 0 radical (unpaired) electrons. The van der Waals surface area contributed by atoms with Crippen LogP contribution in [0.25, 0.3) is 10.9 Å². The van der Waals surface area contributed by atoms with Gasteiger partial charge in [0, 0.05) is 11.9 Å². The van der Waals surface area contributed by atoms with Crippen LogP contribution in [0.1, 0.15) is 13.3 Å². The number of para-hydroxylation sites is 1. The first-order valence-corrected chi connectivity index (χ1v) is 4.54. The molecule has 0 bridgehead atoms. The van der Waals surface area contributed by atoms with Gasteiger partial charge in [0.25, 0.3) is 0 Å². The maximum atomic E-state index is 5.78. The van der Waals surface area contributed by atoms with Crippen LogP contribution in [0.5, 0.6) is 0 Å². The van der Waals surface area contributed by atoms with Gasteiger partial charge < -0.3 is 5.73 Å². The van der Waals surface area contributed by atoms with Gasteiger partial charge in [0.15, 0.2) is 5.82 Å². The van der Waals surface area contributed by atoms with Crippen LogP contribution in [0.15, 0.2) is 24.3 Å². The number of hydrogen-bond donors (Lipinski definition) is 1. The number of rotatable bonds is 2. The van der Waals surface area contributed by atoms with E-state index in [1.807, 2.05) is 28.9 Å². The average Bonchev–Trinajstić information content (AvgIpc) is 2.46. The number of hydrogen-bond acceptors (Lipinski definition) is 2.